The van der Waals surface area contributed by atoms with Crippen molar-refractivity contribution in [2.24, 2.45) is 0 Å². The van der Waals surface area contributed by atoms with E-state index in [1.807, 2.05) is 24.3 Å². The lowest BCUT2D eigenvalue weighted by atomic mass is 9.83. The molecule has 0 unspecified atom stereocenters. The number of fused-ring (bicyclic) bond motifs is 2. The molecule has 2 aliphatic rings. The number of carboxylic acid groups (broad SMARTS) is 1. The van der Waals surface area contributed by atoms with Gasteiger partial charge in [0, 0.05) is 23.9 Å². The van der Waals surface area contributed by atoms with E-state index in [4.69, 9.17) is 30.4 Å². The minimum absolute atomic E-state index is 0.138. The lowest BCUT2D eigenvalue weighted by molar-refractivity contribution is -0.137. The van der Waals surface area contributed by atoms with Crippen molar-refractivity contribution in [3.63, 3.8) is 0 Å². The Bertz CT molecular complexity index is 1520. The van der Waals surface area contributed by atoms with E-state index < -0.39 is 33.5 Å². The molecule has 0 radical (unpaired) electrons. The predicted octanol–water partition coefficient (Wildman–Crippen LogP) is 6.32. The first-order chi connectivity index (χ1) is 19.7. The van der Waals surface area contributed by atoms with Crippen molar-refractivity contribution in [3.05, 3.63) is 88.9 Å². The summed E-state index contributed by atoms with van der Waals surface area (Å²) in [4.78, 5) is 10.6. The van der Waals surface area contributed by atoms with Gasteiger partial charge in [-0.05, 0) is 71.5 Å². The Morgan fingerprint density at radius 3 is 2.29 bits per heavy atom. The van der Waals surface area contributed by atoms with E-state index in [9.17, 15) is 18.3 Å². The minimum Gasteiger partial charge on any atom is -0.508 e. The second-order valence-electron chi connectivity index (χ2n) is 10.2. The number of hydrogen-bond donors (Lipinski definition) is 2. The van der Waals surface area contributed by atoms with Gasteiger partial charge in [0.2, 0.25) is 0 Å². The number of phenolic OH excluding ortho intramolecular Hbond substituents is 1. The van der Waals surface area contributed by atoms with Crippen LogP contribution in [0, 0.1) is 0 Å². The Morgan fingerprint density at radius 1 is 0.902 bits per heavy atom. The molecule has 10 heteroatoms. The van der Waals surface area contributed by atoms with Crippen LogP contribution in [0.1, 0.15) is 49.7 Å². The standard InChI is InChI=1S/C31H31ClO8S/c32-22-6-5-7-25(18-22)40-41(36,37)27-19-26-29(20-9-13-23(33)14-10-20)30(31(27)39-26)21-11-15-24(16-12-21)38-17-4-2-1-3-8-28(34)35/h5-7,9-16,18,26-27,31,33H,1-4,8,17,19H2,(H,34,35)/t26-,27+,31+/m0/s1. The number of ether oxygens (including phenoxy) is 2. The van der Waals surface area contributed by atoms with Crippen LogP contribution in [0.25, 0.3) is 11.1 Å². The summed E-state index contributed by atoms with van der Waals surface area (Å²) in [7, 11) is -4.06. The number of benzene rings is 3. The molecule has 2 heterocycles. The zero-order chi connectivity index (χ0) is 29.0. The molecular formula is C31H31ClO8S. The first-order valence-electron chi connectivity index (χ1n) is 13.5. The molecule has 0 aliphatic carbocycles. The molecular weight excluding hydrogens is 568 g/mol. The summed E-state index contributed by atoms with van der Waals surface area (Å²) < 4.78 is 44.4. The van der Waals surface area contributed by atoms with Crippen molar-refractivity contribution in [2.75, 3.05) is 6.61 Å². The fourth-order valence-electron chi connectivity index (χ4n) is 5.36. The van der Waals surface area contributed by atoms with E-state index in [1.165, 1.54) is 6.07 Å². The van der Waals surface area contributed by atoms with Crippen molar-refractivity contribution < 1.29 is 37.1 Å². The van der Waals surface area contributed by atoms with Gasteiger partial charge in [0.05, 0.1) is 12.7 Å². The molecule has 2 aliphatic heterocycles. The smallest absolute Gasteiger partial charge is 0.315 e. The fraction of sp³-hybridized carbons (Fsp3) is 0.323. The van der Waals surface area contributed by atoms with Crippen LogP contribution in [0.2, 0.25) is 5.02 Å². The van der Waals surface area contributed by atoms with E-state index in [1.54, 1.807) is 42.5 Å². The van der Waals surface area contributed by atoms with Gasteiger partial charge in [0.15, 0.2) is 0 Å². The van der Waals surface area contributed by atoms with E-state index in [-0.39, 0.29) is 24.3 Å². The molecule has 1 fully saturated rings. The highest BCUT2D eigenvalue weighted by Crippen LogP contribution is 2.51. The first kappa shape index (κ1) is 29.0. The number of phenols is 1. The summed E-state index contributed by atoms with van der Waals surface area (Å²) in [5.41, 5.74) is 3.31. The topological polar surface area (TPSA) is 119 Å². The molecule has 0 aromatic heterocycles. The Balaban J connectivity index is 1.35. The average molecular weight is 599 g/mol. The summed E-state index contributed by atoms with van der Waals surface area (Å²) >= 11 is 6.03. The number of aliphatic carboxylic acids is 1. The average Bonchev–Trinajstić information content (AvgIpc) is 3.53. The van der Waals surface area contributed by atoms with Gasteiger partial charge in [-0.3, -0.25) is 4.79 Å². The number of aromatic hydroxyl groups is 1. The molecule has 0 amide bonds. The summed E-state index contributed by atoms with van der Waals surface area (Å²) in [5.74, 6) is 0.193. The van der Waals surface area contributed by atoms with Gasteiger partial charge in [0.1, 0.15) is 28.6 Å². The van der Waals surface area contributed by atoms with Crippen molar-refractivity contribution in [1.82, 2.24) is 0 Å². The fourth-order valence-corrected chi connectivity index (χ4v) is 6.95. The summed E-state index contributed by atoms with van der Waals surface area (Å²) in [6, 6.07) is 20.5. The molecule has 3 aromatic carbocycles. The first-order valence-corrected chi connectivity index (χ1v) is 15.4. The number of halogens is 1. The Labute approximate surface area is 244 Å². The second kappa shape index (κ2) is 12.5. The number of unbranched alkanes of at least 4 members (excludes halogenated alkanes) is 3. The van der Waals surface area contributed by atoms with Gasteiger partial charge in [-0.25, -0.2) is 0 Å². The number of carbonyl (C=O) groups is 1. The van der Waals surface area contributed by atoms with Crippen LogP contribution in [-0.4, -0.2) is 48.7 Å². The Kier molecular flexibility index (Phi) is 8.87. The molecule has 0 spiro atoms. The maximum absolute atomic E-state index is 13.4. The van der Waals surface area contributed by atoms with Crippen LogP contribution in [0.15, 0.2) is 72.8 Å². The van der Waals surface area contributed by atoms with E-state index >= 15 is 0 Å². The molecule has 3 atom stereocenters. The largest absolute Gasteiger partial charge is 0.508 e. The summed E-state index contributed by atoms with van der Waals surface area (Å²) in [5, 5.41) is 18.0. The molecule has 0 saturated carbocycles. The van der Waals surface area contributed by atoms with E-state index in [0.29, 0.717) is 23.8 Å². The molecule has 8 nitrogen and oxygen atoms in total. The van der Waals surface area contributed by atoms with Crippen LogP contribution in [-0.2, 0) is 19.6 Å². The van der Waals surface area contributed by atoms with Gasteiger partial charge in [-0.15, -0.1) is 0 Å². The summed E-state index contributed by atoms with van der Waals surface area (Å²) in [6.45, 7) is 0.517. The molecule has 3 aromatic rings. The lowest BCUT2D eigenvalue weighted by Crippen LogP contribution is -2.35. The van der Waals surface area contributed by atoms with Crippen LogP contribution in [0.5, 0.6) is 17.2 Å². The number of hydrogen-bond acceptors (Lipinski definition) is 7. The lowest BCUT2D eigenvalue weighted by Gasteiger charge is -2.25. The highest BCUT2D eigenvalue weighted by molar-refractivity contribution is 7.87. The van der Waals surface area contributed by atoms with Crippen molar-refractivity contribution in [2.45, 2.75) is 56.0 Å². The van der Waals surface area contributed by atoms with Gasteiger partial charge in [-0.2, -0.15) is 8.42 Å². The Morgan fingerprint density at radius 2 is 1.59 bits per heavy atom. The van der Waals surface area contributed by atoms with Gasteiger partial charge in [-0.1, -0.05) is 54.8 Å². The third-order valence-corrected chi connectivity index (χ3v) is 9.11. The van der Waals surface area contributed by atoms with Crippen LogP contribution in [0.3, 0.4) is 0 Å². The number of rotatable bonds is 13. The predicted molar refractivity (Wildman–Crippen MR) is 156 cm³/mol. The van der Waals surface area contributed by atoms with Gasteiger partial charge >= 0.3 is 16.1 Å². The molecule has 1 saturated heterocycles. The molecule has 2 N–H and O–H groups in total. The number of carboxylic acids is 1. The van der Waals surface area contributed by atoms with E-state index in [0.717, 1.165) is 41.5 Å². The monoisotopic (exact) mass is 598 g/mol. The molecule has 5 rings (SSSR count). The third-order valence-electron chi connectivity index (χ3n) is 7.27. The van der Waals surface area contributed by atoms with Crippen molar-refractivity contribution in [3.8, 4) is 17.2 Å². The molecule has 41 heavy (non-hydrogen) atoms. The third kappa shape index (κ3) is 6.86. The highest BCUT2D eigenvalue weighted by atomic mass is 35.5. The highest BCUT2D eigenvalue weighted by Gasteiger charge is 2.53. The quantitative estimate of drug-likeness (QED) is 0.173. The zero-order valence-electron chi connectivity index (χ0n) is 22.2. The second-order valence-corrected chi connectivity index (χ2v) is 12.4. The SMILES string of the molecule is O=C(O)CCCCCCOc1ccc(C2=C(c3ccc(O)cc3)[C@@H]3C[C@@H](S(=O)(=O)Oc4cccc(Cl)c4)[C@H]2O3)cc1. The van der Waals surface area contributed by atoms with E-state index in [2.05, 4.69) is 0 Å². The van der Waals surface area contributed by atoms with Gasteiger partial charge < -0.3 is 23.9 Å². The van der Waals surface area contributed by atoms with Crippen molar-refractivity contribution in [1.29, 1.82) is 0 Å². The maximum Gasteiger partial charge on any atom is 0.315 e. The zero-order valence-corrected chi connectivity index (χ0v) is 23.8. The Hall–Kier alpha value is -3.53. The maximum atomic E-state index is 13.4. The van der Waals surface area contributed by atoms with Gasteiger partial charge in [0.25, 0.3) is 0 Å². The van der Waals surface area contributed by atoms with Crippen LogP contribution < -0.4 is 8.92 Å². The van der Waals surface area contributed by atoms with Crippen LogP contribution >= 0.6 is 11.6 Å². The summed E-state index contributed by atoms with van der Waals surface area (Å²) in [6.07, 6.45) is 2.43. The minimum atomic E-state index is -4.06. The molecule has 2 bridgehead atoms. The van der Waals surface area contributed by atoms with Crippen molar-refractivity contribution >= 4 is 38.8 Å². The van der Waals surface area contributed by atoms with Crippen LogP contribution in [0.4, 0.5) is 0 Å². The molecule has 216 valence electrons. The normalized spacial score (nSPS) is 19.9.